The lowest BCUT2D eigenvalue weighted by molar-refractivity contribution is 0.0566. The maximum Gasteiger partial charge on any atom is 0.151 e. The highest BCUT2D eigenvalue weighted by Crippen LogP contribution is 2.21. The van der Waals surface area contributed by atoms with E-state index >= 15 is 0 Å². The number of allylic oxidation sites excluding steroid dienone is 2. The molecule has 0 saturated heterocycles. The fourth-order valence-corrected chi connectivity index (χ4v) is 3.05. The van der Waals surface area contributed by atoms with Gasteiger partial charge < -0.3 is 4.74 Å². The predicted octanol–water partition coefficient (Wildman–Crippen LogP) is 6.79. The second kappa shape index (κ2) is 13.0. The monoisotopic (exact) mass is 396 g/mol. The van der Waals surface area contributed by atoms with Crippen molar-refractivity contribution in [2.45, 2.75) is 64.9 Å². The van der Waals surface area contributed by atoms with E-state index in [0.717, 1.165) is 43.4 Å². The molecular formula is C25H33FN2O. The van der Waals surface area contributed by atoms with Crippen LogP contribution in [0.5, 0.6) is 0 Å². The molecular weight excluding hydrogens is 363 g/mol. The first kappa shape index (κ1) is 23.0. The van der Waals surface area contributed by atoms with Crippen LogP contribution in [0.4, 0.5) is 4.39 Å². The number of ether oxygens (including phenoxy) is 1. The Morgan fingerprint density at radius 3 is 2.62 bits per heavy atom. The first-order chi connectivity index (χ1) is 14.1. The van der Waals surface area contributed by atoms with Gasteiger partial charge in [-0.15, -0.1) is 6.58 Å². The topological polar surface area (TPSA) is 35.0 Å². The van der Waals surface area contributed by atoms with Crippen LogP contribution in [0.15, 0.2) is 49.3 Å². The van der Waals surface area contributed by atoms with Crippen LogP contribution in [0.2, 0.25) is 0 Å². The van der Waals surface area contributed by atoms with Gasteiger partial charge in [0.2, 0.25) is 0 Å². The molecule has 0 amide bonds. The summed E-state index contributed by atoms with van der Waals surface area (Å²) in [5, 5.41) is 0. The Hall–Kier alpha value is -2.33. The first-order valence-electron chi connectivity index (χ1n) is 10.6. The second-order valence-corrected chi connectivity index (χ2v) is 7.35. The van der Waals surface area contributed by atoms with Gasteiger partial charge in [0, 0.05) is 24.6 Å². The van der Waals surface area contributed by atoms with Crippen LogP contribution >= 0.6 is 0 Å². The molecule has 1 atom stereocenters. The molecule has 0 aliphatic rings. The van der Waals surface area contributed by atoms with Crippen molar-refractivity contribution in [1.82, 2.24) is 9.97 Å². The van der Waals surface area contributed by atoms with Gasteiger partial charge in [0.05, 0.1) is 6.10 Å². The van der Waals surface area contributed by atoms with Gasteiger partial charge in [-0.05, 0) is 62.3 Å². The van der Waals surface area contributed by atoms with E-state index in [2.05, 4.69) is 36.5 Å². The maximum absolute atomic E-state index is 14.1. The number of hydrogen-bond acceptors (Lipinski definition) is 3. The van der Waals surface area contributed by atoms with Gasteiger partial charge in [-0.1, -0.05) is 44.1 Å². The standard InChI is InChI=1S/C25H33FN2O/c1-4-6-10-16-29-20(3)12-8-7-9-13-25-27-18-23(19-28-25)22-15-14-21(11-5-2)24(26)17-22/h5,9,13-15,17-20H,2,4,6-8,10-12,16H2,1,3H3/b13-9+. The summed E-state index contributed by atoms with van der Waals surface area (Å²) in [5.41, 5.74) is 2.23. The Morgan fingerprint density at radius 1 is 1.14 bits per heavy atom. The summed E-state index contributed by atoms with van der Waals surface area (Å²) in [6.07, 6.45) is 16.8. The van der Waals surface area contributed by atoms with Crippen LogP contribution in [0.1, 0.15) is 63.8 Å². The normalized spacial score (nSPS) is 12.4. The molecule has 0 radical (unpaired) electrons. The third kappa shape index (κ3) is 8.28. The van der Waals surface area contributed by atoms with Crippen molar-refractivity contribution in [3.05, 3.63) is 66.5 Å². The molecule has 0 aliphatic heterocycles. The summed E-state index contributed by atoms with van der Waals surface area (Å²) < 4.78 is 19.9. The Morgan fingerprint density at radius 2 is 1.93 bits per heavy atom. The van der Waals surface area contributed by atoms with Gasteiger partial charge in [0.25, 0.3) is 0 Å². The lowest BCUT2D eigenvalue weighted by atomic mass is 10.0. The second-order valence-electron chi connectivity index (χ2n) is 7.35. The smallest absolute Gasteiger partial charge is 0.151 e. The molecule has 1 unspecified atom stereocenters. The molecule has 29 heavy (non-hydrogen) atoms. The zero-order valence-corrected chi connectivity index (χ0v) is 17.7. The molecule has 2 aromatic rings. The summed E-state index contributed by atoms with van der Waals surface area (Å²) in [6, 6.07) is 5.20. The average Bonchev–Trinajstić information content (AvgIpc) is 2.73. The van der Waals surface area contributed by atoms with Gasteiger partial charge in [-0.3, -0.25) is 0 Å². The lowest BCUT2D eigenvalue weighted by Gasteiger charge is -2.11. The molecule has 0 spiro atoms. The number of nitrogens with zero attached hydrogens (tertiary/aromatic N) is 2. The van der Waals surface area contributed by atoms with Crippen molar-refractivity contribution in [1.29, 1.82) is 0 Å². The van der Waals surface area contributed by atoms with Crippen LogP contribution in [0.25, 0.3) is 17.2 Å². The highest BCUT2D eigenvalue weighted by Gasteiger charge is 2.05. The molecule has 1 heterocycles. The van der Waals surface area contributed by atoms with E-state index in [-0.39, 0.29) is 5.82 Å². The summed E-state index contributed by atoms with van der Waals surface area (Å²) in [4.78, 5) is 8.75. The molecule has 3 nitrogen and oxygen atoms in total. The number of unbranched alkanes of at least 4 members (excludes halogenated alkanes) is 3. The molecule has 0 N–H and O–H groups in total. The molecule has 1 aromatic carbocycles. The molecule has 2 rings (SSSR count). The van der Waals surface area contributed by atoms with Crippen LogP contribution in [0.3, 0.4) is 0 Å². The molecule has 0 aliphatic carbocycles. The first-order valence-corrected chi connectivity index (χ1v) is 10.6. The van der Waals surface area contributed by atoms with E-state index in [1.165, 1.54) is 18.9 Å². The van der Waals surface area contributed by atoms with Gasteiger partial charge >= 0.3 is 0 Å². The average molecular weight is 397 g/mol. The van der Waals surface area contributed by atoms with E-state index in [1.807, 2.05) is 12.1 Å². The molecule has 0 bridgehead atoms. The minimum absolute atomic E-state index is 0.227. The minimum Gasteiger partial charge on any atom is -0.379 e. The largest absolute Gasteiger partial charge is 0.379 e. The molecule has 156 valence electrons. The Bertz CT molecular complexity index is 771. The number of halogens is 1. The Labute approximate surface area is 174 Å². The van der Waals surface area contributed by atoms with Gasteiger partial charge in [-0.2, -0.15) is 0 Å². The summed E-state index contributed by atoms with van der Waals surface area (Å²) in [5.74, 6) is 0.441. The zero-order valence-electron chi connectivity index (χ0n) is 17.7. The summed E-state index contributed by atoms with van der Waals surface area (Å²) in [6.45, 7) is 8.86. The van der Waals surface area contributed by atoms with Gasteiger partial charge in [0.15, 0.2) is 5.82 Å². The van der Waals surface area contributed by atoms with E-state index in [0.29, 0.717) is 23.9 Å². The van der Waals surface area contributed by atoms with Crippen molar-refractivity contribution in [3.8, 4) is 11.1 Å². The predicted molar refractivity (Wildman–Crippen MR) is 119 cm³/mol. The molecule has 1 aromatic heterocycles. The number of benzene rings is 1. The fourth-order valence-electron chi connectivity index (χ4n) is 3.05. The van der Waals surface area contributed by atoms with Crippen molar-refractivity contribution < 1.29 is 9.13 Å². The quantitative estimate of drug-likeness (QED) is 0.276. The van der Waals surface area contributed by atoms with E-state index in [1.54, 1.807) is 24.5 Å². The molecule has 4 heteroatoms. The molecule has 0 fully saturated rings. The van der Waals surface area contributed by atoms with Gasteiger partial charge in [0.1, 0.15) is 5.82 Å². The molecule has 0 saturated carbocycles. The van der Waals surface area contributed by atoms with E-state index in [4.69, 9.17) is 4.74 Å². The van der Waals surface area contributed by atoms with Crippen molar-refractivity contribution >= 4 is 6.08 Å². The van der Waals surface area contributed by atoms with E-state index in [9.17, 15) is 4.39 Å². The maximum atomic E-state index is 14.1. The van der Waals surface area contributed by atoms with Crippen LogP contribution in [-0.4, -0.2) is 22.7 Å². The third-order valence-electron chi connectivity index (χ3n) is 4.82. The summed E-state index contributed by atoms with van der Waals surface area (Å²) in [7, 11) is 0. The SMILES string of the molecule is C=CCc1ccc(-c2cnc(/C=C/CCCC(C)OCCCCC)nc2)cc1F. The lowest BCUT2D eigenvalue weighted by Crippen LogP contribution is -2.08. The zero-order chi connectivity index (χ0) is 20.9. The summed E-state index contributed by atoms with van der Waals surface area (Å²) >= 11 is 0. The fraction of sp³-hybridized carbons (Fsp3) is 0.440. The minimum atomic E-state index is -0.227. The number of aromatic nitrogens is 2. The van der Waals surface area contributed by atoms with Crippen molar-refractivity contribution in [2.24, 2.45) is 0 Å². The Balaban J connectivity index is 1.77. The van der Waals surface area contributed by atoms with Crippen LogP contribution < -0.4 is 0 Å². The van der Waals surface area contributed by atoms with Crippen LogP contribution in [-0.2, 0) is 11.2 Å². The van der Waals surface area contributed by atoms with E-state index < -0.39 is 0 Å². The number of hydrogen-bond donors (Lipinski definition) is 0. The highest BCUT2D eigenvalue weighted by molar-refractivity contribution is 5.62. The number of rotatable bonds is 13. The van der Waals surface area contributed by atoms with Crippen LogP contribution in [0, 0.1) is 5.82 Å². The third-order valence-corrected chi connectivity index (χ3v) is 4.82. The van der Waals surface area contributed by atoms with Gasteiger partial charge in [-0.25, -0.2) is 14.4 Å². The Kier molecular flexibility index (Phi) is 10.3. The highest BCUT2D eigenvalue weighted by atomic mass is 19.1. The van der Waals surface area contributed by atoms with Crippen molar-refractivity contribution in [3.63, 3.8) is 0 Å². The van der Waals surface area contributed by atoms with Crippen molar-refractivity contribution in [2.75, 3.05) is 6.61 Å².